The zero-order valence-corrected chi connectivity index (χ0v) is 7.29. The van der Waals surface area contributed by atoms with Crippen LogP contribution in [0.1, 0.15) is 18.9 Å². The summed E-state index contributed by atoms with van der Waals surface area (Å²) in [4.78, 5) is 13.6. The lowest BCUT2D eigenvalue weighted by atomic mass is 10.1. The van der Waals surface area contributed by atoms with Crippen LogP contribution in [0.2, 0.25) is 0 Å². The van der Waals surface area contributed by atoms with E-state index in [0.29, 0.717) is 0 Å². The Morgan fingerprint density at radius 2 is 2.15 bits per heavy atom. The summed E-state index contributed by atoms with van der Waals surface area (Å²) in [7, 11) is 0. The highest BCUT2D eigenvalue weighted by Gasteiger charge is 2.16. The summed E-state index contributed by atoms with van der Waals surface area (Å²) >= 11 is 0. The number of aromatic hydroxyl groups is 1. The van der Waals surface area contributed by atoms with Crippen LogP contribution in [0.3, 0.4) is 0 Å². The van der Waals surface area contributed by atoms with Crippen molar-refractivity contribution in [2.45, 2.75) is 18.9 Å². The summed E-state index contributed by atoms with van der Waals surface area (Å²) in [5, 5.41) is 12.3. The Bertz CT molecular complexity index is 335. The molecule has 0 radical (unpaired) electrons. The van der Waals surface area contributed by atoms with Crippen LogP contribution < -0.4 is 11.0 Å². The minimum absolute atomic E-state index is 0.0523. The first-order chi connectivity index (χ1) is 6.27. The van der Waals surface area contributed by atoms with Crippen LogP contribution in [0, 0.1) is 0 Å². The zero-order valence-electron chi connectivity index (χ0n) is 7.29. The SMILES string of the molecule is O=c1[nH]c(O)cn1C1CCNCC1. The molecule has 0 spiro atoms. The van der Waals surface area contributed by atoms with Crippen molar-refractivity contribution in [3.63, 3.8) is 0 Å². The van der Waals surface area contributed by atoms with E-state index in [9.17, 15) is 4.79 Å². The minimum atomic E-state index is -0.218. The second-order valence-electron chi connectivity index (χ2n) is 3.33. The van der Waals surface area contributed by atoms with Crippen molar-refractivity contribution in [3.8, 4) is 5.88 Å². The lowest BCUT2D eigenvalue weighted by molar-refractivity contribution is 0.360. The molecule has 0 atom stereocenters. The van der Waals surface area contributed by atoms with Gasteiger partial charge in [0.2, 0.25) is 5.88 Å². The number of H-pyrrole nitrogens is 1. The van der Waals surface area contributed by atoms with Gasteiger partial charge in [-0.2, -0.15) is 0 Å². The van der Waals surface area contributed by atoms with Crippen LogP contribution >= 0.6 is 0 Å². The minimum Gasteiger partial charge on any atom is -0.493 e. The number of hydrogen-bond donors (Lipinski definition) is 3. The molecule has 1 saturated heterocycles. The molecule has 0 amide bonds. The average Bonchev–Trinajstić information content (AvgIpc) is 2.47. The van der Waals surface area contributed by atoms with Gasteiger partial charge in [-0.15, -0.1) is 0 Å². The van der Waals surface area contributed by atoms with E-state index in [1.54, 1.807) is 4.57 Å². The van der Waals surface area contributed by atoms with Gasteiger partial charge in [0.15, 0.2) is 0 Å². The zero-order chi connectivity index (χ0) is 9.26. The van der Waals surface area contributed by atoms with Crippen LogP contribution in [0.15, 0.2) is 11.0 Å². The van der Waals surface area contributed by atoms with Crippen molar-refractivity contribution in [1.82, 2.24) is 14.9 Å². The van der Waals surface area contributed by atoms with Crippen LogP contribution in [0.5, 0.6) is 5.88 Å². The van der Waals surface area contributed by atoms with Gasteiger partial charge in [-0.05, 0) is 25.9 Å². The van der Waals surface area contributed by atoms with Crippen LogP contribution in [0.25, 0.3) is 0 Å². The number of imidazole rings is 1. The number of rotatable bonds is 1. The molecule has 0 aromatic carbocycles. The fourth-order valence-electron chi connectivity index (χ4n) is 1.75. The largest absolute Gasteiger partial charge is 0.493 e. The summed E-state index contributed by atoms with van der Waals surface area (Å²) in [5.41, 5.74) is -0.218. The molecule has 1 aromatic heterocycles. The van der Waals surface area contributed by atoms with E-state index in [0.717, 1.165) is 25.9 Å². The van der Waals surface area contributed by atoms with Crippen molar-refractivity contribution in [2.75, 3.05) is 13.1 Å². The molecule has 0 saturated carbocycles. The fraction of sp³-hybridized carbons (Fsp3) is 0.625. The molecule has 3 N–H and O–H groups in total. The van der Waals surface area contributed by atoms with E-state index in [-0.39, 0.29) is 17.6 Å². The van der Waals surface area contributed by atoms with Crippen molar-refractivity contribution in [2.24, 2.45) is 0 Å². The Morgan fingerprint density at radius 3 is 2.69 bits per heavy atom. The van der Waals surface area contributed by atoms with Crippen LogP contribution in [0.4, 0.5) is 0 Å². The van der Waals surface area contributed by atoms with Crippen LogP contribution in [-0.2, 0) is 0 Å². The number of aromatic nitrogens is 2. The van der Waals surface area contributed by atoms with Gasteiger partial charge < -0.3 is 10.4 Å². The molecule has 0 bridgehead atoms. The van der Waals surface area contributed by atoms with Gasteiger partial charge in [0.05, 0.1) is 6.20 Å². The lowest BCUT2D eigenvalue weighted by Crippen LogP contribution is -2.32. The normalized spacial score (nSPS) is 19.1. The quantitative estimate of drug-likeness (QED) is 0.565. The van der Waals surface area contributed by atoms with Crippen molar-refractivity contribution in [3.05, 3.63) is 16.7 Å². The highest BCUT2D eigenvalue weighted by Crippen LogP contribution is 2.17. The second kappa shape index (κ2) is 3.26. The summed E-state index contributed by atoms with van der Waals surface area (Å²) in [6.45, 7) is 1.87. The van der Waals surface area contributed by atoms with Crippen molar-refractivity contribution >= 4 is 0 Å². The summed E-state index contributed by atoms with van der Waals surface area (Å²) < 4.78 is 1.58. The number of nitrogens with zero attached hydrogens (tertiary/aromatic N) is 1. The smallest absolute Gasteiger partial charge is 0.328 e. The van der Waals surface area contributed by atoms with Gasteiger partial charge in [0.25, 0.3) is 0 Å². The van der Waals surface area contributed by atoms with Crippen molar-refractivity contribution < 1.29 is 5.11 Å². The standard InChI is InChI=1S/C8H13N3O2/c12-7-5-11(8(13)10-7)6-1-3-9-4-2-6/h5-6,9,12H,1-4H2,(H,10,13). The van der Waals surface area contributed by atoms with E-state index in [1.807, 2.05) is 0 Å². The number of nitrogens with one attached hydrogen (secondary N) is 2. The van der Waals surface area contributed by atoms with E-state index in [1.165, 1.54) is 6.20 Å². The van der Waals surface area contributed by atoms with Gasteiger partial charge in [0, 0.05) is 6.04 Å². The number of hydrogen-bond acceptors (Lipinski definition) is 3. The van der Waals surface area contributed by atoms with Crippen molar-refractivity contribution in [1.29, 1.82) is 0 Å². The first kappa shape index (κ1) is 8.37. The topological polar surface area (TPSA) is 70.0 Å². The maximum absolute atomic E-state index is 11.3. The Kier molecular flexibility index (Phi) is 2.10. The Hall–Kier alpha value is -1.23. The molecule has 2 rings (SSSR count). The molecule has 1 aliphatic rings. The van der Waals surface area contributed by atoms with Gasteiger partial charge in [-0.3, -0.25) is 9.55 Å². The highest BCUT2D eigenvalue weighted by molar-refractivity contribution is 5.02. The van der Waals surface area contributed by atoms with Gasteiger partial charge in [-0.1, -0.05) is 0 Å². The monoisotopic (exact) mass is 183 g/mol. The van der Waals surface area contributed by atoms with Gasteiger partial charge in [0.1, 0.15) is 0 Å². The third kappa shape index (κ3) is 1.60. The second-order valence-corrected chi connectivity index (χ2v) is 3.33. The molecule has 1 aromatic rings. The molecule has 5 nitrogen and oxygen atoms in total. The van der Waals surface area contributed by atoms with Gasteiger partial charge >= 0.3 is 5.69 Å². The Morgan fingerprint density at radius 1 is 1.46 bits per heavy atom. The lowest BCUT2D eigenvalue weighted by Gasteiger charge is -2.22. The number of piperidine rings is 1. The summed E-state index contributed by atoms with van der Waals surface area (Å²) in [6.07, 6.45) is 3.35. The predicted octanol–water partition coefficient (Wildman–Crippen LogP) is -0.194. The molecule has 1 aliphatic heterocycles. The molecule has 0 aliphatic carbocycles. The molecule has 2 heterocycles. The van der Waals surface area contributed by atoms with E-state index >= 15 is 0 Å². The van der Waals surface area contributed by atoms with Gasteiger partial charge in [-0.25, -0.2) is 4.79 Å². The maximum Gasteiger partial charge on any atom is 0.328 e. The molecule has 72 valence electrons. The molecule has 0 unspecified atom stereocenters. The Balaban J connectivity index is 2.23. The molecule has 13 heavy (non-hydrogen) atoms. The number of aromatic amines is 1. The average molecular weight is 183 g/mol. The van der Waals surface area contributed by atoms with Crippen LogP contribution in [-0.4, -0.2) is 27.7 Å². The molecule has 1 fully saturated rings. The first-order valence-electron chi connectivity index (χ1n) is 4.48. The van der Waals surface area contributed by atoms with E-state index in [2.05, 4.69) is 10.3 Å². The summed E-state index contributed by atoms with van der Waals surface area (Å²) in [6, 6.07) is 0.228. The molecular formula is C8H13N3O2. The Labute approximate surface area is 75.4 Å². The van der Waals surface area contributed by atoms with E-state index < -0.39 is 0 Å². The molecular weight excluding hydrogens is 170 g/mol. The highest BCUT2D eigenvalue weighted by atomic mass is 16.3. The first-order valence-corrected chi connectivity index (χ1v) is 4.48. The predicted molar refractivity (Wildman–Crippen MR) is 47.9 cm³/mol. The third-order valence-corrected chi connectivity index (χ3v) is 2.43. The van der Waals surface area contributed by atoms with E-state index in [4.69, 9.17) is 5.11 Å². The third-order valence-electron chi connectivity index (χ3n) is 2.43. The maximum atomic E-state index is 11.3. The molecule has 5 heteroatoms. The summed E-state index contributed by atoms with van der Waals surface area (Å²) in [5.74, 6) is -0.0523. The fourth-order valence-corrected chi connectivity index (χ4v) is 1.75.